The van der Waals surface area contributed by atoms with Crippen LogP contribution < -0.4 is 10.1 Å². The third kappa shape index (κ3) is 4.45. The molecular weight excluding hydrogens is 345 g/mol. The molecule has 130 valence electrons. The first-order valence-corrected chi connectivity index (χ1v) is 8.19. The quantitative estimate of drug-likeness (QED) is 0.695. The Morgan fingerprint density at radius 3 is 2.72 bits per heavy atom. The van der Waals surface area contributed by atoms with Crippen LogP contribution in [0.25, 0.3) is 0 Å². The summed E-state index contributed by atoms with van der Waals surface area (Å²) >= 11 is 5.99. The van der Waals surface area contributed by atoms with Gasteiger partial charge < -0.3 is 10.1 Å². The van der Waals surface area contributed by atoms with Crippen LogP contribution in [-0.4, -0.2) is 20.2 Å². The third-order valence-electron chi connectivity index (χ3n) is 3.61. The molecule has 0 aliphatic heterocycles. The Labute approximate surface area is 149 Å². The minimum Gasteiger partial charge on any atom is -0.489 e. The smallest absolute Gasteiger partial charge is 0.243 e. The molecule has 1 heterocycles. The van der Waals surface area contributed by atoms with E-state index < -0.39 is 0 Å². The fourth-order valence-electron chi connectivity index (χ4n) is 2.23. The minimum atomic E-state index is -0.361. The normalized spacial score (nSPS) is 10.7. The average Bonchev–Trinajstić information content (AvgIpc) is 3.08. The predicted molar refractivity (Wildman–Crippen MR) is 93.0 cm³/mol. The molecule has 6 nitrogen and oxygen atoms in total. The van der Waals surface area contributed by atoms with Gasteiger partial charge in [0.2, 0.25) is 5.95 Å². The van der Waals surface area contributed by atoms with Crippen molar-refractivity contribution in [2.75, 3.05) is 5.32 Å². The van der Waals surface area contributed by atoms with Crippen LogP contribution in [0.4, 0.5) is 10.3 Å². The number of anilines is 1. The van der Waals surface area contributed by atoms with E-state index in [1.807, 2.05) is 31.2 Å². The van der Waals surface area contributed by atoms with Crippen LogP contribution in [0.2, 0.25) is 5.02 Å². The van der Waals surface area contributed by atoms with E-state index in [0.29, 0.717) is 29.8 Å². The molecule has 0 aliphatic carbocycles. The zero-order chi connectivity index (χ0) is 17.6. The maximum atomic E-state index is 13.0. The number of benzene rings is 2. The fraction of sp³-hybridized carbons (Fsp3) is 0.235. The van der Waals surface area contributed by atoms with Crippen molar-refractivity contribution < 1.29 is 9.13 Å². The molecule has 25 heavy (non-hydrogen) atoms. The lowest BCUT2D eigenvalue weighted by Crippen LogP contribution is -2.07. The number of rotatable bonds is 7. The first-order chi connectivity index (χ1) is 12.2. The monoisotopic (exact) mass is 361 g/mol. The Bertz CT molecular complexity index is 837. The zero-order valence-electron chi connectivity index (χ0n) is 13.6. The van der Waals surface area contributed by atoms with Gasteiger partial charge in [0.1, 0.15) is 18.2 Å². The largest absolute Gasteiger partial charge is 0.489 e. The summed E-state index contributed by atoms with van der Waals surface area (Å²) < 4.78 is 20.4. The molecule has 8 heteroatoms. The number of hydrogen-bond donors (Lipinski definition) is 1. The van der Waals surface area contributed by atoms with Gasteiger partial charge >= 0.3 is 0 Å². The van der Waals surface area contributed by atoms with Gasteiger partial charge in [-0.15, -0.1) is 0 Å². The number of aryl methyl sites for hydroxylation is 1. The van der Waals surface area contributed by atoms with Crippen molar-refractivity contribution in [1.29, 1.82) is 0 Å². The molecule has 0 bridgehead atoms. The topological polar surface area (TPSA) is 64.9 Å². The average molecular weight is 362 g/mol. The van der Waals surface area contributed by atoms with E-state index in [4.69, 9.17) is 16.3 Å². The molecule has 0 saturated carbocycles. The van der Waals surface area contributed by atoms with E-state index in [1.165, 1.54) is 12.1 Å². The predicted octanol–water partition coefficient (Wildman–Crippen LogP) is 3.68. The highest BCUT2D eigenvalue weighted by atomic mass is 35.5. The molecule has 0 amide bonds. The van der Waals surface area contributed by atoms with Crippen LogP contribution in [0.15, 0.2) is 42.5 Å². The summed E-state index contributed by atoms with van der Waals surface area (Å²) in [5.41, 5.74) is 1.80. The van der Waals surface area contributed by atoms with Crippen molar-refractivity contribution in [1.82, 2.24) is 20.2 Å². The van der Waals surface area contributed by atoms with Crippen LogP contribution in [0.5, 0.6) is 5.75 Å². The van der Waals surface area contributed by atoms with Crippen LogP contribution in [0.3, 0.4) is 0 Å². The van der Waals surface area contributed by atoms with Gasteiger partial charge in [-0.25, -0.2) is 9.07 Å². The summed E-state index contributed by atoms with van der Waals surface area (Å²) in [7, 11) is 0. The molecule has 0 aliphatic rings. The zero-order valence-corrected chi connectivity index (χ0v) is 14.4. The number of ether oxygens (including phenoxy) is 1. The summed E-state index contributed by atoms with van der Waals surface area (Å²) in [5.74, 6) is 0.982. The molecular formula is C17H17ClFN5O. The van der Waals surface area contributed by atoms with E-state index >= 15 is 0 Å². The molecule has 0 spiro atoms. The van der Waals surface area contributed by atoms with Gasteiger partial charge in [0.15, 0.2) is 0 Å². The van der Waals surface area contributed by atoms with Gasteiger partial charge in [-0.2, -0.15) is 0 Å². The lowest BCUT2D eigenvalue weighted by Gasteiger charge is -2.09. The van der Waals surface area contributed by atoms with Crippen molar-refractivity contribution in [3.63, 3.8) is 0 Å². The van der Waals surface area contributed by atoms with Crippen molar-refractivity contribution in [3.8, 4) is 5.75 Å². The van der Waals surface area contributed by atoms with Gasteiger partial charge in [-0.3, -0.25) is 0 Å². The number of halogens is 2. The fourth-order valence-corrected chi connectivity index (χ4v) is 2.45. The molecule has 1 N–H and O–H groups in total. The Morgan fingerprint density at radius 2 is 2.00 bits per heavy atom. The van der Waals surface area contributed by atoms with E-state index in [9.17, 15) is 4.39 Å². The summed E-state index contributed by atoms with van der Waals surface area (Å²) in [4.78, 5) is 0. The van der Waals surface area contributed by atoms with E-state index in [0.717, 1.165) is 11.1 Å². The van der Waals surface area contributed by atoms with Gasteiger partial charge in [0, 0.05) is 18.7 Å². The Morgan fingerprint density at radius 1 is 1.20 bits per heavy atom. The Hall–Kier alpha value is -2.67. The lowest BCUT2D eigenvalue weighted by atomic mass is 10.2. The summed E-state index contributed by atoms with van der Waals surface area (Å²) in [6.45, 7) is 3.56. The number of nitrogens with one attached hydrogen (secondary N) is 1. The second-order valence-corrected chi connectivity index (χ2v) is 5.75. The maximum Gasteiger partial charge on any atom is 0.243 e. The highest BCUT2D eigenvalue weighted by Gasteiger charge is 2.05. The van der Waals surface area contributed by atoms with Gasteiger partial charge in [0.25, 0.3) is 0 Å². The summed E-state index contributed by atoms with van der Waals surface area (Å²) in [5, 5.41) is 15.0. The minimum absolute atomic E-state index is 0.280. The van der Waals surface area contributed by atoms with Crippen molar-refractivity contribution in [2.45, 2.75) is 26.6 Å². The number of tetrazole rings is 1. The second kappa shape index (κ2) is 7.94. The van der Waals surface area contributed by atoms with Crippen LogP contribution >= 0.6 is 11.6 Å². The summed E-state index contributed by atoms with van der Waals surface area (Å²) in [6, 6.07) is 11.9. The highest BCUT2D eigenvalue weighted by Crippen LogP contribution is 2.20. The molecule has 0 saturated heterocycles. The standard InChI is InChI=1S/C17H17ClFN5O/c1-2-24-17(21-22-23-24)20-10-12-3-7-15(8-4-12)25-11-13-5-6-14(19)9-16(13)18/h3-9H,2,10-11H2,1H3,(H,20,21,23). The van der Waals surface area contributed by atoms with Gasteiger partial charge in [-0.05, 0) is 47.2 Å². The highest BCUT2D eigenvalue weighted by molar-refractivity contribution is 6.31. The molecule has 2 aromatic carbocycles. The van der Waals surface area contributed by atoms with E-state index in [1.54, 1.807) is 10.7 Å². The summed E-state index contributed by atoms with van der Waals surface area (Å²) in [6.07, 6.45) is 0. The van der Waals surface area contributed by atoms with Gasteiger partial charge in [0.05, 0.1) is 5.02 Å². The maximum absolute atomic E-state index is 13.0. The SMILES string of the molecule is CCn1nnnc1NCc1ccc(OCc2ccc(F)cc2Cl)cc1. The first kappa shape index (κ1) is 17.2. The molecule has 0 radical (unpaired) electrons. The molecule has 3 rings (SSSR count). The van der Waals surface area contributed by atoms with Crippen molar-refractivity contribution >= 4 is 17.5 Å². The number of nitrogens with zero attached hydrogens (tertiary/aromatic N) is 4. The number of hydrogen-bond acceptors (Lipinski definition) is 5. The Balaban J connectivity index is 1.55. The van der Waals surface area contributed by atoms with Crippen LogP contribution in [0, 0.1) is 5.82 Å². The molecule has 3 aromatic rings. The van der Waals surface area contributed by atoms with E-state index in [2.05, 4.69) is 20.8 Å². The molecule has 0 unspecified atom stereocenters. The van der Waals surface area contributed by atoms with Crippen LogP contribution in [-0.2, 0) is 19.7 Å². The van der Waals surface area contributed by atoms with Crippen molar-refractivity contribution in [2.24, 2.45) is 0 Å². The van der Waals surface area contributed by atoms with Crippen molar-refractivity contribution in [3.05, 3.63) is 64.4 Å². The number of aromatic nitrogens is 4. The van der Waals surface area contributed by atoms with Crippen LogP contribution in [0.1, 0.15) is 18.1 Å². The Kier molecular flexibility index (Phi) is 5.45. The molecule has 0 fully saturated rings. The first-order valence-electron chi connectivity index (χ1n) is 7.81. The molecule has 1 aromatic heterocycles. The van der Waals surface area contributed by atoms with Gasteiger partial charge in [-0.1, -0.05) is 34.9 Å². The van der Waals surface area contributed by atoms with E-state index in [-0.39, 0.29) is 12.4 Å². The lowest BCUT2D eigenvalue weighted by molar-refractivity contribution is 0.306. The second-order valence-electron chi connectivity index (χ2n) is 5.34. The molecule has 0 atom stereocenters. The third-order valence-corrected chi connectivity index (χ3v) is 3.97.